The maximum atomic E-state index is 12.5. The van der Waals surface area contributed by atoms with Crippen LogP contribution in [0, 0.1) is 0 Å². The van der Waals surface area contributed by atoms with Gasteiger partial charge in [-0.3, -0.25) is 4.79 Å². The van der Waals surface area contributed by atoms with Crippen molar-refractivity contribution in [1.29, 1.82) is 0 Å². The summed E-state index contributed by atoms with van der Waals surface area (Å²) in [7, 11) is 0. The minimum Gasteiger partial charge on any atom is -0.329 e. The van der Waals surface area contributed by atoms with Crippen LogP contribution >= 0.6 is 15.9 Å². The lowest BCUT2D eigenvalue weighted by Crippen LogP contribution is -2.44. The average Bonchev–Trinajstić information content (AvgIpc) is 2.76. The first-order valence-electron chi connectivity index (χ1n) is 6.56. The fourth-order valence-corrected chi connectivity index (χ4v) is 2.90. The molecule has 0 aromatic heterocycles. The molecule has 21 heavy (non-hydrogen) atoms. The van der Waals surface area contributed by atoms with Gasteiger partial charge in [0, 0.05) is 11.0 Å². The van der Waals surface area contributed by atoms with E-state index in [1.165, 1.54) is 0 Å². The molecule has 6 heteroatoms. The highest BCUT2D eigenvalue weighted by Crippen LogP contribution is 2.32. The Kier molecular flexibility index (Phi) is 3.55. The van der Waals surface area contributed by atoms with E-state index in [0.29, 0.717) is 24.4 Å². The molecule has 108 valence electrons. The van der Waals surface area contributed by atoms with E-state index in [1.54, 1.807) is 11.0 Å². The van der Waals surface area contributed by atoms with E-state index in [9.17, 15) is 9.59 Å². The van der Waals surface area contributed by atoms with Gasteiger partial charge in [-0.25, -0.2) is 4.79 Å². The molecule has 2 aliphatic heterocycles. The maximum absolute atomic E-state index is 12.5. The number of hydrogen-bond acceptors (Lipinski definition) is 2. The highest BCUT2D eigenvalue weighted by molar-refractivity contribution is 9.10. The molecule has 0 saturated carbocycles. The monoisotopic (exact) mass is 347 g/mol. The molecular formula is C15H14BrN3O2. The molecule has 2 N–H and O–H groups in total. The van der Waals surface area contributed by atoms with Crippen LogP contribution in [0.3, 0.4) is 0 Å². The summed E-state index contributed by atoms with van der Waals surface area (Å²) >= 11 is 3.38. The van der Waals surface area contributed by atoms with Gasteiger partial charge < -0.3 is 15.5 Å². The van der Waals surface area contributed by atoms with Crippen molar-refractivity contribution in [3.05, 3.63) is 58.2 Å². The lowest BCUT2D eigenvalue weighted by atomic mass is 9.96. The Morgan fingerprint density at radius 1 is 1.33 bits per heavy atom. The SMILES string of the molecule is C=CCN1CC2=C(C1=O)[C@H](c1ccc(Br)cc1)NC(=O)N2. The molecule has 1 aromatic rings. The van der Waals surface area contributed by atoms with Crippen LogP contribution in [0.5, 0.6) is 0 Å². The number of carbonyl (C=O) groups is 2. The van der Waals surface area contributed by atoms with Crippen molar-refractivity contribution in [1.82, 2.24) is 15.5 Å². The summed E-state index contributed by atoms with van der Waals surface area (Å²) in [5.74, 6) is -0.0645. The molecule has 1 atom stereocenters. The van der Waals surface area contributed by atoms with E-state index in [2.05, 4.69) is 33.1 Å². The molecule has 0 unspecified atom stereocenters. The number of benzene rings is 1. The highest BCUT2D eigenvalue weighted by atomic mass is 79.9. The molecule has 2 heterocycles. The minimum absolute atomic E-state index is 0.0645. The average molecular weight is 348 g/mol. The van der Waals surface area contributed by atoms with Crippen LogP contribution in [-0.2, 0) is 4.79 Å². The van der Waals surface area contributed by atoms with Gasteiger partial charge in [-0.15, -0.1) is 6.58 Å². The van der Waals surface area contributed by atoms with Crippen molar-refractivity contribution in [3.8, 4) is 0 Å². The number of nitrogens with zero attached hydrogens (tertiary/aromatic N) is 1. The second-order valence-corrected chi connectivity index (χ2v) is 5.87. The van der Waals surface area contributed by atoms with Crippen LogP contribution in [0.1, 0.15) is 11.6 Å². The fraction of sp³-hybridized carbons (Fsp3) is 0.200. The number of amides is 3. The Hall–Kier alpha value is -2.08. The summed E-state index contributed by atoms with van der Waals surface area (Å²) in [4.78, 5) is 26.0. The molecule has 0 bridgehead atoms. The van der Waals surface area contributed by atoms with Gasteiger partial charge in [0.15, 0.2) is 0 Å². The number of halogens is 1. The van der Waals surface area contributed by atoms with Crippen LogP contribution in [0.25, 0.3) is 0 Å². The van der Waals surface area contributed by atoms with Crippen molar-refractivity contribution in [3.63, 3.8) is 0 Å². The molecule has 0 saturated heterocycles. The topological polar surface area (TPSA) is 61.4 Å². The molecule has 2 aliphatic rings. The first-order valence-corrected chi connectivity index (χ1v) is 7.35. The first-order chi connectivity index (χ1) is 10.1. The van der Waals surface area contributed by atoms with E-state index in [-0.39, 0.29) is 11.9 Å². The van der Waals surface area contributed by atoms with Crippen LogP contribution in [0.2, 0.25) is 0 Å². The lowest BCUT2D eigenvalue weighted by molar-refractivity contribution is -0.125. The van der Waals surface area contributed by atoms with Gasteiger partial charge in [0.25, 0.3) is 5.91 Å². The molecule has 5 nitrogen and oxygen atoms in total. The Morgan fingerprint density at radius 3 is 2.71 bits per heavy atom. The van der Waals surface area contributed by atoms with Crippen LogP contribution in [0.4, 0.5) is 4.79 Å². The quantitative estimate of drug-likeness (QED) is 0.822. The van der Waals surface area contributed by atoms with E-state index in [0.717, 1.165) is 10.0 Å². The number of nitrogens with one attached hydrogen (secondary N) is 2. The predicted octanol–water partition coefficient (Wildman–Crippen LogP) is 2.09. The van der Waals surface area contributed by atoms with Gasteiger partial charge >= 0.3 is 6.03 Å². The van der Waals surface area contributed by atoms with Gasteiger partial charge in [0.2, 0.25) is 0 Å². The van der Waals surface area contributed by atoms with Crippen molar-refractivity contribution in [2.45, 2.75) is 6.04 Å². The van der Waals surface area contributed by atoms with Gasteiger partial charge in [0.1, 0.15) is 0 Å². The number of hydrogen-bond donors (Lipinski definition) is 2. The molecule has 0 aliphatic carbocycles. The summed E-state index contributed by atoms with van der Waals surface area (Å²) in [6.45, 7) is 4.54. The Labute approximate surface area is 130 Å². The largest absolute Gasteiger partial charge is 0.329 e. The summed E-state index contributed by atoms with van der Waals surface area (Å²) in [5, 5.41) is 5.55. The maximum Gasteiger partial charge on any atom is 0.319 e. The summed E-state index contributed by atoms with van der Waals surface area (Å²) in [5.41, 5.74) is 2.17. The number of rotatable bonds is 3. The molecular weight excluding hydrogens is 334 g/mol. The van der Waals surface area contributed by atoms with Crippen molar-refractivity contribution < 1.29 is 9.59 Å². The third kappa shape index (κ3) is 2.47. The van der Waals surface area contributed by atoms with Crippen molar-refractivity contribution in [2.75, 3.05) is 13.1 Å². The summed E-state index contributed by atoms with van der Waals surface area (Å²) < 4.78 is 0.951. The van der Waals surface area contributed by atoms with E-state index < -0.39 is 6.04 Å². The van der Waals surface area contributed by atoms with Crippen molar-refractivity contribution >= 4 is 27.9 Å². The Morgan fingerprint density at radius 2 is 2.05 bits per heavy atom. The molecule has 3 rings (SSSR count). The predicted molar refractivity (Wildman–Crippen MR) is 82.4 cm³/mol. The third-order valence-electron chi connectivity index (χ3n) is 3.57. The van der Waals surface area contributed by atoms with Crippen LogP contribution < -0.4 is 10.6 Å². The zero-order valence-electron chi connectivity index (χ0n) is 11.2. The van der Waals surface area contributed by atoms with E-state index >= 15 is 0 Å². The Bertz CT molecular complexity index is 651. The second-order valence-electron chi connectivity index (χ2n) is 4.95. The van der Waals surface area contributed by atoms with Crippen LogP contribution in [-0.4, -0.2) is 29.9 Å². The van der Waals surface area contributed by atoms with Crippen LogP contribution in [0.15, 0.2) is 52.7 Å². The minimum atomic E-state index is -0.413. The highest BCUT2D eigenvalue weighted by Gasteiger charge is 2.39. The molecule has 0 spiro atoms. The number of carbonyl (C=O) groups excluding carboxylic acids is 2. The summed E-state index contributed by atoms with van der Waals surface area (Å²) in [6, 6.07) is 6.89. The molecule has 0 fully saturated rings. The fourth-order valence-electron chi connectivity index (χ4n) is 2.64. The molecule has 1 aromatic carbocycles. The van der Waals surface area contributed by atoms with Crippen molar-refractivity contribution in [2.24, 2.45) is 0 Å². The zero-order chi connectivity index (χ0) is 15.0. The van der Waals surface area contributed by atoms with Gasteiger partial charge in [-0.1, -0.05) is 34.1 Å². The Balaban J connectivity index is 1.98. The molecule has 0 radical (unpaired) electrons. The smallest absolute Gasteiger partial charge is 0.319 e. The summed E-state index contributed by atoms with van der Waals surface area (Å²) in [6.07, 6.45) is 1.68. The van der Waals surface area contributed by atoms with Gasteiger partial charge in [0.05, 0.1) is 23.9 Å². The van der Waals surface area contributed by atoms with Gasteiger partial charge in [-0.2, -0.15) is 0 Å². The number of urea groups is 1. The molecule has 3 amide bonds. The normalized spacial score (nSPS) is 21.0. The third-order valence-corrected chi connectivity index (χ3v) is 4.10. The lowest BCUT2D eigenvalue weighted by Gasteiger charge is -2.25. The standard InChI is InChI=1S/C15H14BrN3O2/c1-2-7-19-8-11-12(14(19)20)13(18-15(21)17-11)9-3-5-10(16)6-4-9/h2-6,13H,1,7-8H2,(H2,17,18,21)/t13-/m0/s1. The second kappa shape index (κ2) is 5.37. The van der Waals surface area contributed by atoms with E-state index in [1.807, 2.05) is 24.3 Å². The van der Waals surface area contributed by atoms with Gasteiger partial charge in [-0.05, 0) is 17.7 Å². The first kappa shape index (κ1) is 13.9. The van der Waals surface area contributed by atoms with E-state index in [4.69, 9.17) is 0 Å². The zero-order valence-corrected chi connectivity index (χ0v) is 12.8.